The highest BCUT2D eigenvalue weighted by molar-refractivity contribution is 5.90. The van der Waals surface area contributed by atoms with Crippen LogP contribution in [0.25, 0.3) is 0 Å². The first-order valence-electron chi connectivity index (χ1n) is 15.9. The average molecular weight is 711 g/mol. The van der Waals surface area contributed by atoms with Crippen LogP contribution in [0.4, 0.5) is 42.8 Å². The van der Waals surface area contributed by atoms with E-state index >= 15 is 0 Å². The van der Waals surface area contributed by atoms with Gasteiger partial charge in [-0.1, -0.05) is 6.92 Å². The first-order valence-corrected chi connectivity index (χ1v) is 15.9. The Kier molecular flexibility index (Phi) is 10.6. The van der Waals surface area contributed by atoms with Crippen LogP contribution in [0.1, 0.15) is 68.5 Å². The van der Waals surface area contributed by atoms with Gasteiger partial charge in [-0.05, 0) is 49.6 Å². The largest absolute Gasteiger partial charge is 0.485 e. The Bertz CT molecular complexity index is 1660. The number of aromatic nitrogens is 3. The second kappa shape index (κ2) is 14.6. The lowest BCUT2D eigenvalue weighted by atomic mass is 9.92. The standard InChI is InChI=1S/C33H36F6N6O5/c1-5-23-14-27(29-26(7-8-28(42-29)48-4)45(23)31(47)49-6-2)44(17-20-11-21(32(34,35)36)13-22(12-20)33(37,38)39)30-40-15-25(16-41-30)50-24-9-10-43(18-24)19(3)46/h7-8,11-13,15-16,23-24,27H,5-6,9-10,14,17-18H2,1-4H3/t23-,24+,27?/m1/s1. The summed E-state index contributed by atoms with van der Waals surface area (Å²) in [5.74, 6) is 0.282. The SMILES string of the molecule is CCOC(=O)N1c2ccc(OC)nc2C(N(Cc2cc(C(F)(F)F)cc(C(F)(F)F)c2)c2ncc(O[C@H]3CCN(C(C)=O)C3)cn2)C[C@H]1CC. The van der Waals surface area contributed by atoms with Crippen molar-refractivity contribution in [2.75, 3.05) is 36.6 Å². The number of ether oxygens (including phenoxy) is 3. The van der Waals surface area contributed by atoms with Gasteiger partial charge in [0.2, 0.25) is 17.7 Å². The van der Waals surface area contributed by atoms with Gasteiger partial charge in [0, 0.05) is 38.5 Å². The number of rotatable bonds is 9. The van der Waals surface area contributed by atoms with Gasteiger partial charge in [-0.25, -0.2) is 19.7 Å². The third-order valence-corrected chi connectivity index (χ3v) is 8.60. The summed E-state index contributed by atoms with van der Waals surface area (Å²) in [6.07, 6.45) is -7.25. The van der Waals surface area contributed by atoms with Crippen molar-refractivity contribution < 1.29 is 50.1 Å². The number of anilines is 2. The Labute approximate surface area is 284 Å². The number of benzene rings is 1. The van der Waals surface area contributed by atoms with Crippen LogP contribution in [0.15, 0.2) is 42.7 Å². The number of likely N-dealkylation sites (tertiary alicyclic amines) is 1. The van der Waals surface area contributed by atoms with E-state index in [1.54, 1.807) is 17.9 Å². The van der Waals surface area contributed by atoms with Crippen LogP contribution in [0.3, 0.4) is 0 Å². The molecule has 2 amide bonds. The molecule has 2 aromatic heterocycles. The molecule has 0 saturated carbocycles. The summed E-state index contributed by atoms with van der Waals surface area (Å²) in [6, 6.07) is 3.15. The average Bonchev–Trinajstić information content (AvgIpc) is 3.55. The fourth-order valence-electron chi connectivity index (χ4n) is 6.20. The predicted octanol–water partition coefficient (Wildman–Crippen LogP) is 6.81. The molecule has 2 aliphatic rings. The van der Waals surface area contributed by atoms with Crippen molar-refractivity contribution in [1.82, 2.24) is 19.9 Å². The Morgan fingerprint density at radius 3 is 2.20 bits per heavy atom. The van der Waals surface area contributed by atoms with Crippen molar-refractivity contribution in [3.05, 3.63) is 65.1 Å². The molecule has 270 valence electrons. The molecule has 5 rings (SSSR count). The molecule has 0 aliphatic carbocycles. The van der Waals surface area contributed by atoms with E-state index in [1.165, 1.54) is 42.3 Å². The monoisotopic (exact) mass is 710 g/mol. The number of nitrogens with zero attached hydrogens (tertiary/aromatic N) is 6. The number of carbonyl (C=O) groups excluding carboxylic acids is 2. The van der Waals surface area contributed by atoms with Crippen molar-refractivity contribution in [1.29, 1.82) is 0 Å². The fraction of sp³-hybridized carbons (Fsp3) is 0.485. The van der Waals surface area contributed by atoms with Gasteiger partial charge in [0.1, 0.15) is 6.10 Å². The summed E-state index contributed by atoms with van der Waals surface area (Å²) in [5, 5.41) is 0. The number of hydrogen-bond acceptors (Lipinski definition) is 9. The normalized spacial score (nSPS) is 19.2. The number of pyridine rings is 1. The van der Waals surface area contributed by atoms with Crippen LogP contribution < -0.4 is 19.3 Å². The van der Waals surface area contributed by atoms with E-state index in [-0.39, 0.29) is 59.9 Å². The van der Waals surface area contributed by atoms with Gasteiger partial charge < -0.3 is 24.0 Å². The third-order valence-electron chi connectivity index (χ3n) is 8.60. The number of amides is 2. The predicted molar refractivity (Wildman–Crippen MR) is 168 cm³/mol. The van der Waals surface area contributed by atoms with Crippen LogP contribution in [-0.2, 0) is 28.4 Å². The molecule has 0 bridgehead atoms. The van der Waals surface area contributed by atoms with E-state index in [0.717, 1.165) is 0 Å². The van der Waals surface area contributed by atoms with Crippen molar-refractivity contribution in [3.63, 3.8) is 0 Å². The number of halogens is 6. The molecule has 0 radical (unpaired) electrons. The lowest BCUT2D eigenvalue weighted by Crippen LogP contribution is -2.48. The van der Waals surface area contributed by atoms with Gasteiger partial charge in [-0.15, -0.1) is 0 Å². The Hall–Kier alpha value is -4.83. The highest BCUT2D eigenvalue weighted by Crippen LogP contribution is 2.44. The molecule has 50 heavy (non-hydrogen) atoms. The zero-order valence-corrected chi connectivity index (χ0v) is 27.7. The summed E-state index contributed by atoms with van der Waals surface area (Å²) in [5.41, 5.74) is -2.66. The summed E-state index contributed by atoms with van der Waals surface area (Å²) in [7, 11) is 1.38. The topological polar surface area (TPSA) is 110 Å². The van der Waals surface area contributed by atoms with Gasteiger partial charge in [0.05, 0.1) is 61.2 Å². The van der Waals surface area contributed by atoms with Crippen molar-refractivity contribution in [2.45, 2.75) is 77.1 Å². The van der Waals surface area contributed by atoms with E-state index < -0.39 is 48.2 Å². The molecule has 17 heteroatoms. The van der Waals surface area contributed by atoms with Gasteiger partial charge >= 0.3 is 18.4 Å². The first kappa shape index (κ1) is 36.5. The van der Waals surface area contributed by atoms with E-state index in [4.69, 9.17) is 14.2 Å². The maximum absolute atomic E-state index is 13.9. The Balaban J connectivity index is 1.61. The zero-order chi connectivity index (χ0) is 36.4. The second-order valence-electron chi connectivity index (χ2n) is 11.9. The minimum absolute atomic E-state index is 0.0416. The molecule has 1 unspecified atom stereocenters. The molecule has 1 fully saturated rings. The maximum atomic E-state index is 13.9. The summed E-state index contributed by atoms with van der Waals surface area (Å²) < 4.78 is 99.9. The summed E-state index contributed by atoms with van der Waals surface area (Å²) in [6.45, 7) is 5.42. The zero-order valence-electron chi connectivity index (χ0n) is 27.7. The quantitative estimate of drug-likeness (QED) is 0.221. The molecule has 3 atom stereocenters. The van der Waals surface area contributed by atoms with E-state index in [1.807, 2.05) is 6.92 Å². The minimum atomic E-state index is -5.06. The van der Waals surface area contributed by atoms with E-state index in [9.17, 15) is 35.9 Å². The molecule has 4 heterocycles. The van der Waals surface area contributed by atoms with Crippen LogP contribution in [0, 0.1) is 0 Å². The molecular weight excluding hydrogens is 674 g/mol. The van der Waals surface area contributed by atoms with Crippen molar-refractivity contribution in [3.8, 4) is 11.6 Å². The second-order valence-corrected chi connectivity index (χ2v) is 11.9. The summed E-state index contributed by atoms with van der Waals surface area (Å²) in [4.78, 5) is 42.9. The van der Waals surface area contributed by atoms with Crippen molar-refractivity contribution >= 4 is 23.6 Å². The maximum Gasteiger partial charge on any atom is 0.416 e. The molecule has 2 aliphatic heterocycles. The Morgan fingerprint density at radius 2 is 1.66 bits per heavy atom. The molecule has 11 nitrogen and oxygen atoms in total. The third kappa shape index (κ3) is 7.97. The summed E-state index contributed by atoms with van der Waals surface area (Å²) >= 11 is 0. The molecule has 0 N–H and O–H groups in total. The van der Waals surface area contributed by atoms with Crippen LogP contribution in [-0.4, -0.2) is 70.8 Å². The van der Waals surface area contributed by atoms with E-state index in [0.29, 0.717) is 43.8 Å². The van der Waals surface area contributed by atoms with Gasteiger partial charge in [0.15, 0.2) is 5.75 Å². The first-order chi connectivity index (χ1) is 23.6. The number of fused-ring (bicyclic) bond motifs is 1. The number of alkyl halides is 6. The number of hydrogen-bond donors (Lipinski definition) is 0. The van der Waals surface area contributed by atoms with Crippen LogP contribution >= 0.6 is 0 Å². The van der Waals surface area contributed by atoms with Gasteiger partial charge in [0.25, 0.3) is 0 Å². The highest BCUT2D eigenvalue weighted by atomic mass is 19.4. The van der Waals surface area contributed by atoms with Gasteiger partial charge in [-0.3, -0.25) is 9.69 Å². The molecule has 0 spiro atoms. The molecule has 3 aromatic rings. The smallest absolute Gasteiger partial charge is 0.416 e. The fourth-order valence-corrected chi connectivity index (χ4v) is 6.20. The van der Waals surface area contributed by atoms with Crippen molar-refractivity contribution in [2.24, 2.45) is 0 Å². The number of carbonyl (C=O) groups is 2. The lowest BCUT2D eigenvalue weighted by Gasteiger charge is -2.43. The van der Waals surface area contributed by atoms with Crippen LogP contribution in [0.2, 0.25) is 0 Å². The Morgan fingerprint density at radius 1 is 1.00 bits per heavy atom. The highest BCUT2D eigenvalue weighted by Gasteiger charge is 2.42. The number of methoxy groups -OCH3 is 1. The van der Waals surface area contributed by atoms with Crippen LogP contribution in [0.5, 0.6) is 11.6 Å². The lowest BCUT2D eigenvalue weighted by molar-refractivity contribution is -0.143. The minimum Gasteiger partial charge on any atom is -0.485 e. The van der Waals surface area contributed by atoms with E-state index in [2.05, 4.69) is 15.0 Å². The molecule has 1 saturated heterocycles. The molecular formula is C33H36F6N6O5. The van der Waals surface area contributed by atoms with Gasteiger partial charge in [-0.2, -0.15) is 26.3 Å². The molecule has 1 aromatic carbocycles.